The van der Waals surface area contributed by atoms with E-state index in [1.807, 2.05) is 13.8 Å². The maximum atomic E-state index is 11.6. The third kappa shape index (κ3) is 5.16. The highest BCUT2D eigenvalue weighted by atomic mass is 16.5. The summed E-state index contributed by atoms with van der Waals surface area (Å²) in [5.41, 5.74) is 6.68. The lowest BCUT2D eigenvalue weighted by Crippen LogP contribution is -2.43. The highest BCUT2D eigenvalue weighted by Crippen LogP contribution is 2.10. The van der Waals surface area contributed by atoms with E-state index in [0.717, 1.165) is 5.56 Å². The lowest BCUT2D eigenvalue weighted by molar-refractivity contribution is -0.124. The topological polar surface area (TPSA) is 84.6 Å². The molecule has 0 aliphatic heterocycles. The quantitative estimate of drug-likeness (QED) is 0.653. The molecule has 0 saturated heterocycles. The van der Waals surface area contributed by atoms with E-state index in [1.165, 1.54) is 0 Å². The maximum Gasteiger partial charge on any atom is 0.239 e. The third-order valence-corrected chi connectivity index (χ3v) is 2.39. The van der Waals surface area contributed by atoms with Gasteiger partial charge in [-0.15, -0.1) is 0 Å². The van der Waals surface area contributed by atoms with Crippen molar-refractivity contribution in [3.63, 3.8) is 0 Å². The zero-order chi connectivity index (χ0) is 13.5. The largest absolute Gasteiger partial charge is 0.508 e. The van der Waals surface area contributed by atoms with Crippen molar-refractivity contribution in [3.05, 3.63) is 29.8 Å². The number of aromatic hydroxyl groups is 1. The normalized spacial score (nSPS) is 12.4. The summed E-state index contributed by atoms with van der Waals surface area (Å²) in [6.45, 7) is 3.95. The van der Waals surface area contributed by atoms with Gasteiger partial charge in [0.15, 0.2) is 0 Å². The van der Waals surface area contributed by atoms with Crippen LogP contribution in [0.1, 0.15) is 19.4 Å². The van der Waals surface area contributed by atoms with Crippen LogP contribution in [-0.2, 0) is 16.0 Å². The van der Waals surface area contributed by atoms with Gasteiger partial charge in [0.1, 0.15) is 12.5 Å². The molecule has 18 heavy (non-hydrogen) atoms. The molecule has 1 amide bonds. The molecule has 5 nitrogen and oxygen atoms in total. The predicted octanol–water partition coefficient (Wildman–Crippen LogP) is 0.761. The fourth-order valence-electron chi connectivity index (χ4n) is 1.39. The third-order valence-electron chi connectivity index (χ3n) is 2.39. The van der Waals surface area contributed by atoms with Crippen molar-refractivity contribution in [3.8, 4) is 5.75 Å². The van der Waals surface area contributed by atoms with Gasteiger partial charge in [0, 0.05) is 0 Å². The van der Waals surface area contributed by atoms with Crippen molar-refractivity contribution in [2.45, 2.75) is 32.4 Å². The molecule has 0 fully saturated rings. The second kappa shape index (κ2) is 6.98. The molecule has 0 saturated carbocycles. The lowest BCUT2D eigenvalue weighted by atomic mass is 10.1. The van der Waals surface area contributed by atoms with Crippen LogP contribution in [0, 0.1) is 0 Å². The van der Waals surface area contributed by atoms with Gasteiger partial charge in [0.2, 0.25) is 5.91 Å². The molecule has 0 heterocycles. The number of ether oxygens (including phenoxy) is 1. The highest BCUT2D eigenvalue weighted by molar-refractivity contribution is 5.81. The molecule has 1 aromatic carbocycles. The Bertz CT molecular complexity index is 376. The van der Waals surface area contributed by atoms with Crippen LogP contribution in [-0.4, -0.2) is 29.9 Å². The number of nitrogens with one attached hydrogen (secondary N) is 1. The van der Waals surface area contributed by atoms with Gasteiger partial charge >= 0.3 is 0 Å². The van der Waals surface area contributed by atoms with Gasteiger partial charge in [-0.3, -0.25) is 4.79 Å². The number of rotatable bonds is 6. The Labute approximate surface area is 107 Å². The number of benzene rings is 1. The Kier molecular flexibility index (Phi) is 5.61. The first kappa shape index (κ1) is 14.5. The average Bonchev–Trinajstić information content (AvgIpc) is 2.31. The predicted molar refractivity (Wildman–Crippen MR) is 69.0 cm³/mol. The molecular formula is C13H20N2O3. The summed E-state index contributed by atoms with van der Waals surface area (Å²) in [5, 5.41) is 11.8. The van der Waals surface area contributed by atoms with Crippen molar-refractivity contribution >= 4 is 5.91 Å². The van der Waals surface area contributed by atoms with E-state index in [0.29, 0.717) is 6.42 Å². The van der Waals surface area contributed by atoms with Gasteiger partial charge in [-0.2, -0.15) is 0 Å². The van der Waals surface area contributed by atoms with E-state index < -0.39 is 6.04 Å². The molecule has 1 rings (SSSR count). The zero-order valence-corrected chi connectivity index (χ0v) is 10.7. The number of phenols is 1. The molecule has 0 radical (unpaired) electrons. The highest BCUT2D eigenvalue weighted by Gasteiger charge is 2.13. The Hall–Kier alpha value is -1.59. The fourth-order valence-corrected chi connectivity index (χ4v) is 1.39. The van der Waals surface area contributed by atoms with Crippen LogP contribution >= 0.6 is 0 Å². The lowest BCUT2D eigenvalue weighted by Gasteiger charge is -2.13. The van der Waals surface area contributed by atoms with E-state index >= 15 is 0 Å². The molecule has 0 aliphatic carbocycles. The minimum absolute atomic E-state index is 0.0682. The molecule has 100 valence electrons. The number of nitrogens with two attached hydrogens (primary N) is 1. The number of carbonyl (C=O) groups is 1. The summed E-state index contributed by atoms with van der Waals surface area (Å²) in [6, 6.07) is 6.01. The van der Waals surface area contributed by atoms with Crippen molar-refractivity contribution in [1.82, 2.24) is 5.32 Å². The molecular weight excluding hydrogens is 232 g/mol. The van der Waals surface area contributed by atoms with Crippen LogP contribution in [0.3, 0.4) is 0 Å². The number of hydrogen-bond acceptors (Lipinski definition) is 4. The summed E-state index contributed by atoms with van der Waals surface area (Å²) in [5.74, 6) is -0.0502. The first-order valence-corrected chi connectivity index (χ1v) is 5.92. The zero-order valence-electron chi connectivity index (χ0n) is 10.7. The second-order valence-corrected chi connectivity index (χ2v) is 4.38. The van der Waals surface area contributed by atoms with Crippen LogP contribution in [0.25, 0.3) is 0 Å². The van der Waals surface area contributed by atoms with E-state index in [9.17, 15) is 4.79 Å². The summed E-state index contributed by atoms with van der Waals surface area (Å²) in [4.78, 5) is 11.6. The SMILES string of the molecule is CC(C)OCNC(=O)[C@H](N)Cc1ccc(O)cc1. The van der Waals surface area contributed by atoms with E-state index in [2.05, 4.69) is 5.32 Å². The molecule has 0 aliphatic rings. The molecule has 1 aromatic rings. The molecule has 5 heteroatoms. The van der Waals surface area contributed by atoms with Crippen LogP contribution < -0.4 is 11.1 Å². The summed E-state index contributed by atoms with van der Waals surface area (Å²) in [6.07, 6.45) is 0.493. The summed E-state index contributed by atoms with van der Waals surface area (Å²) in [7, 11) is 0. The van der Waals surface area contributed by atoms with Crippen LogP contribution in [0.2, 0.25) is 0 Å². The van der Waals surface area contributed by atoms with Gasteiger partial charge in [0.25, 0.3) is 0 Å². The number of carbonyl (C=O) groups excluding carboxylic acids is 1. The standard InChI is InChI=1S/C13H20N2O3/c1-9(2)18-8-15-13(17)12(14)7-10-3-5-11(16)6-4-10/h3-6,9,12,16H,7-8,14H2,1-2H3,(H,15,17)/t12-/m1/s1. The van der Waals surface area contributed by atoms with Gasteiger partial charge < -0.3 is 20.9 Å². The van der Waals surface area contributed by atoms with E-state index in [4.69, 9.17) is 15.6 Å². The first-order valence-electron chi connectivity index (χ1n) is 5.92. The summed E-state index contributed by atoms with van der Waals surface area (Å²) < 4.78 is 5.21. The second-order valence-electron chi connectivity index (χ2n) is 4.38. The maximum absolute atomic E-state index is 11.6. The van der Waals surface area contributed by atoms with Crippen molar-refractivity contribution in [1.29, 1.82) is 0 Å². The van der Waals surface area contributed by atoms with Gasteiger partial charge in [-0.25, -0.2) is 0 Å². The first-order chi connectivity index (χ1) is 8.49. The molecule has 0 bridgehead atoms. The van der Waals surface area contributed by atoms with Crippen molar-refractivity contribution in [2.75, 3.05) is 6.73 Å². The Morgan fingerprint density at radius 2 is 2.00 bits per heavy atom. The van der Waals surface area contributed by atoms with Crippen LogP contribution in [0.4, 0.5) is 0 Å². The van der Waals surface area contributed by atoms with E-state index in [1.54, 1.807) is 24.3 Å². The number of phenolic OH excluding ortho intramolecular Hbond substituents is 1. The number of hydrogen-bond donors (Lipinski definition) is 3. The molecule has 1 atom stereocenters. The van der Waals surface area contributed by atoms with Gasteiger partial charge in [0.05, 0.1) is 12.1 Å². The van der Waals surface area contributed by atoms with Crippen molar-refractivity contribution < 1.29 is 14.6 Å². The van der Waals surface area contributed by atoms with Crippen LogP contribution in [0.15, 0.2) is 24.3 Å². The molecule has 4 N–H and O–H groups in total. The minimum Gasteiger partial charge on any atom is -0.508 e. The average molecular weight is 252 g/mol. The molecule has 0 aromatic heterocycles. The van der Waals surface area contributed by atoms with Crippen molar-refractivity contribution in [2.24, 2.45) is 5.73 Å². The van der Waals surface area contributed by atoms with E-state index in [-0.39, 0.29) is 24.5 Å². The molecule has 0 spiro atoms. The molecule has 0 unspecified atom stereocenters. The minimum atomic E-state index is -0.620. The van der Waals surface area contributed by atoms with Gasteiger partial charge in [-0.05, 0) is 38.0 Å². The fraction of sp³-hybridized carbons (Fsp3) is 0.462. The Balaban J connectivity index is 2.37. The van der Waals surface area contributed by atoms with Gasteiger partial charge in [-0.1, -0.05) is 12.1 Å². The Morgan fingerprint density at radius 3 is 2.56 bits per heavy atom. The monoisotopic (exact) mass is 252 g/mol. The summed E-state index contributed by atoms with van der Waals surface area (Å²) >= 11 is 0. The smallest absolute Gasteiger partial charge is 0.239 e. The van der Waals surface area contributed by atoms with Crippen LogP contribution in [0.5, 0.6) is 5.75 Å². The Morgan fingerprint density at radius 1 is 1.39 bits per heavy atom. The number of amides is 1.